The van der Waals surface area contributed by atoms with Gasteiger partial charge in [-0.15, -0.1) is 0 Å². The third-order valence-electron chi connectivity index (χ3n) is 7.09. The first kappa shape index (κ1) is 21.5. The molecule has 33 heavy (non-hydrogen) atoms. The molecule has 7 nitrogen and oxygen atoms in total. The van der Waals surface area contributed by atoms with Gasteiger partial charge in [0, 0.05) is 31.4 Å². The molecule has 3 aliphatic heterocycles. The number of anilines is 2. The van der Waals surface area contributed by atoms with Crippen molar-refractivity contribution in [1.82, 2.24) is 10.2 Å². The zero-order valence-electron chi connectivity index (χ0n) is 19.3. The van der Waals surface area contributed by atoms with Gasteiger partial charge in [-0.2, -0.15) is 0 Å². The lowest BCUT2D eigenvalue weighted by Gasteiger charge is -2.27. The fourth-order valence-electron chi connectivity index (χ4n) is 5.33. The maximum Gasteiger partial charge on any atom is 0.321 e. The fourth-order valence-corrected chi connectivity index (χ4v) is 5.33. The molecule has 7 heteroatoms. The Labute approximate surface area is 194 Å². The predicted octanol–water partition coefficient (Wildman–Crippen LogP) is 3.99. The molecule has 3 heterocycles. The van der Waals surface area contributed by atoms with Crippen molar-refractivity contribution in [2.45, 2.75) is 38.8 Å². The van der Waals surface area contributed by atoms with Crippen LogP contribution in [0.3, 0.4) is 0 Å². The van der Waals surface area contributed by atoms with E-state index in [0.29, 0.717) is 17.5 Å². The van der Waals surface area contributed by atoms with Crippen LogP contribution in [-0.4, -0.2) is 49.0 Å². The van der Waals surface area contributed by atoms with E-state index < -0.39 is 12.2 Å². The van der Waals surface area contributed by atoms with Gasteiger partial charge in [-0.05, 0) is 74.3 Å². The molecule has 0 unspecified atom stereocenters. The van der Waals surface area contributed by atoms with Gasteiger partial charge < -0.3 is 20.4 Å². The zero-order valence-corrected chi connectivity index (χ0v) is 19.3. The monoisotopic (exact) mass is 445 g/mol. The minimum Gasteiger partial charge on any atom is -0.356 e. The number of likely N-dealkylation sites (N-methyl/N-ethyl adjacent to an activating group) is 1. The number of aryl methyl sites for hydroxylation is 1. The molecule has 4 aliphatic rings. The van der Waals surface area contributed by atoms with Crippen LogP contribution >= 0.6 is 0 Å². The van der Waals surface area contributed by atoms with Crippen LogP contribution in [0.1, 0.15) is 36.8 Å². The van der Waals surface area contributed by atoms with E-state index >= 15 is 0 Å². The van der Waals surface area contributed by atoms with Crippen molar-refractivity contribution >= 4 is 29.1 Å². The third kappa shape index (κ3) is 4.45. The number of rotatable bonds is 2. The Morgan fingerprint density at radius 3 is 2.39 bits per heavy atom. The number of benzene rings is 2. The van der Waals surface area contributed by atoms with Crippen LogP contribution in [0.15, 0.2) is 53.5 Å². The molecule has 1 saturated carbocycles. The average Bonchev–Trinajstić information content (AvgIpc) is 3.18. The lowest BCUT2D eigenvalue weighted by atomic mass is 9.84. The maximum absolute atomic E-state index is 13.3. The number of nitrogens with zero attached hydrogens (tertiary/aromatic N) is 3. The number of amides is 3. The van der Waals surface area contributed by atoms with Crippen molar-refractivity contribution in [3.8, 4) is 0 Å². The summed E-state index contributed by atoms with van der Waals surface area (Å²) in [5.74, 6) is 1.87. The number of hydrogen-bond donors (Lipinski definition) is 2. The van der Waals surface area contributed by atoms with E-state index in [1.807, 2.05) is 55.5 Å². The molecule has 3 fully saturated rings. The zero-order chi connectivity index (χ0) is 22.9. The molecule has 2 bridgehead atoms. The van der Waals surface area contributed by atoms with E-state index in [1.54, 1.807) is 11.9 Å². The Hall–Kier alpha value is -3.35. The first-order chi connectivity index (χ1) is 16.0. The Morgan fingerprint density at radius 1 is 1.00 bits per heavy atom. The summed E-state index contributed by atoms with van der Waals surface area (Å²) in [6.07, 6.45) is 4.04. The first-order valence-electron chi connectivity index (χ1n) is 11.8. The van der Waals surface area contributed by atoms with Crippen LogP contribution in [0.25, 0.3) is 0 Å². The second kappa shape index (κ2) is 8.89. The molecular formula is C26H31N5O2. The quantitative estimate of drug-likeness (QED) is 0.734. The van der Waals surface area contributed by atoms with E-state index in [-0.39, 0.29) is 5.91 Å². The summed E-state index contributed by atoms with van der Waals surface area (Å²) in [7, 11) is 1.75. The first-order valence-corrected chi connectivity index (χ1v) is 11.8. The molecule has 1 atom stereocenters. The van der Waals surface area contributed by atoms with Gasteiger partial charge in [0.25, 0.3) is 5.91 Å². The summed E-state index contributed by atoms with van der Waals surface area (Å²) in [5.41, 5.74) is 3.49. The van der Waals surface area contributed by atoms with Crippen LogP contribution < -0.4 is 15.5 Å². The van der Waals surface area contributed by atoms with E-state index in [1.165, 1.54) is 25.7 Å². The van der Waals surface area contributed by atoms with Gasteiger partial charge in [0.15, 0.2) is 0 Å². The number of nitrogens with one attached hydrogen (secondary N) is 2. The van der Waals surface area contributed by atoms with Gasteiger partial charge in [0.05, 0.1) is 5.69 Å². The van der Waals surface area contributed by atoms with Crippen molar-refractivity contribution in [1.29, 1.82) is 0 Å². The molecule has 2 N–H and O–H groups in total. The number of para-hydroxylation sites is 1. The molecule has 2 aromatic rings. The number of urea groups is 1. The molecule has 1 aliphatic carbocycles. The van der Waals surface area contributed by atoms with E-state index in [0.717, 1.165) is 35.7 Å². The molecule has 3 amide bonds. The van der Waals surface area contributed by atoms with Crippen molar-refractivity contribution in [2.24, 2.45) is 16.8 Å². The summed E-state index contributed by atoms with van der Waals surface area (Å²) in [5, 5.41) is 5.64. The maximum atomic E-state index is 13.3. The molecule has 172 valence electrons. The second-order valence-electron chi connectivity index (χ2n) is 9.53. The lowest BCUT2D eigenvalue weighted by Crippen LogP contribution is -2.47. The summed E-state index contributed by atoms with van der Waals surface area (Å²) >= 11 is 0. The van der Waals surface area contributed by atoms with Gasteiger partial charge in [0.1, 0.15) is 5.84 Å². The van der Waals surface area contributed by atoms with Gasteiger partial charge in [-0.1, -0.05) is 24.3 Å². The minimum atomic E-state index is -0.997. The van der Waals surface area contributed by atoms with Crippen LogP contribution in [-0.2, 0) is 4.79 Å². The highest BCUT2D eigenvalue weighted by Gasteiger charge is 2.36. The van der Waals surface area contributed by atoms with E-state index in [4.69, 9.17) is 4.99 Å². The van der Waals surface area contributed by atoms with Crippen LogP contribution in [0.4, 0.5) is 16.2 Å². The highest BCUT2D eigenvalue weighted by molar-refractivity contribution is 6.12. The van der Waals surface area contributed by atoms with Gasteiger partial charge >= 0.3 is 6.03 Å². The smallest absolute Gasteiger partial charge is 0.321 e. The van der Waals surface area contributed by atoms with Crippen LogP contribution in [0.2, 0.25) is 0 Å². The normalized spacial score (nSPS) is 24.5. The largest absolute Gasteiger partial charge is 0.356 e. The number of carbonyl (C=O) groups is 2. The SMILES string of the molecule is Cc1cccc(NC(=O)N[C@H]2N=C(N3CC4CCC(CC4)C3)c3ccccc3N(C)C2=O)c1. The topological polar surface area (TPSA) is 77.0 Å². The number of aliphatic imine (C=N–C) groups is 1. The van der Waals surface area contributed by atoms with Crippen LogP contribution in [0.5, 0.6) is 0 Å². The van der Waals surface area contributed by atoms with Crippen molar-refractivity contribution in [2.75, 3.05) is 30.4 Å². The average molecular weight is 446 g/mol. The molecular weight excluding hydrogens is 414 g/mol. The standard InChI is InChI=1S/C26H31N5O2/c1-17-6-5-7-20(14-17)27-26(33)29-23-25(32)30(2)22-9-4-3-8-21(22)24(28-23)31-15-18-10-11-19(16-31)13-12-18/h3-9,14,18-19,23H,10-13,15-16H2,1-2H3,(H2,27,29,33)/t18?,19?,23-/m1/s1. The van der Waals surface area contributed by atoms with Gasteiger partial charge in [0.2, 0.25) is 6.17 Å². The summed E-state index contributed by atoms with van der Waals surface area (Å²) in [4.78, 5) is 35.0. The minimum absolute atomic E-state index is 0.255. The Kier molecular flexibility index (Phi) is 5.79. The molecule has 0 radical (unpaired) electrons. The molecule has 0 aromatic heterocycles. The third-order valence-corrected chi connectivity index (χ3v) is 7.09. The van der Waals surface area contributed by atoms with Crippen LogP contribution in [0, 0.1) is 18.8 Å². The number of fused-ring (bicyclic) bond motifs is 5. The van der Waals surface area contributed by atoms with Crippen molar-refractivity contribution in [3.63, 3.8) is 0 Å². The van der Waals surface area contributed by atoms with E-state index in [2.05, 4.69) is 15.5 Å². The van der Waals surface area contributed by atoms with Gasteiger partial charge in [-0.3, -0.25) is 4.79 Å². The molecule has 6 rings (SSSR count). The Balaban J connectivity index is 1.46. The van der Waals surface area contributed by atoms with Crippen molar-refractivity contribution in [3.05, 3.63) is 59.7 Å². The Morgan fingerprint density at radius 2 is 1.70 bits per heavy atom. The van der Waals surface area contributed by atoms with Gasteiger partial charge in [-0.25, -0.2) is 9.79 Å². The number of carbonyl (C=O) groups excluding carboxylic acids is 2. The molecule has 0 spiro atoms. The molecule has 2 saturated heterocycles. The lowest BCUT2D eigenvalue weighted by molar-refractivity contribution is -0.119. The second-order valence-corrected chi connectivity index (χ2v) is 9.53. The Bertz CT molecular complexity index is 1080. The number of benzodiazepines with no additional fused rings is 1. The molecule has 2 aromatic carbocycles. The highest BCUT2D eigenvalue weighted by atomic mass is 16.2. The summed E-state index contributed by atoms with van der Waals surface area (Å²) in [6.45, 7) is 3.86. The highest BCUT2D eigenvalue weighted by Crippen LogP contribution is 2.36. The fraction of sp³-hybridized carbons (Fsp3) is 0.423. The van der Waals surface area contributed by atoms with Crippen molar-refractivity contribution < 1.29 is 9.59 Å². The summed E-state index contributed by atoms with van der Waals surface area (Å²) < 4.78 is 0. The number of amidine groups is 1. The predicted molar refractivity (Wildman–Crippen MR) is 131 cm³/mol. The number of hydrogen-bond acceptors (Lipinski definition) is 4. The summed E-state index contributed by atoms with van der Waals surface area (Å²) in [6, 6.07) is 15.0. The van der Waals surface area contributed by atoms with E-state index in [9.17, 15) is 9.59 Å².